The monoisotopic (exact) mass is 770 g/mol. The summed E-state index contributed by atoms with van der Waals surface area (Å²) in [6.07, 6.45) is -2.62. The maximum atomic E-state index is 14.3. The maximum Gasteiger partial charge on any atom is 0.408 e. The van der Waals surface area contributed by atoms with Crippen molar-refractivity contribution >= 4 is 29.8 Å². The predicted molar refractivity (Wildman–Crippen MR) is 208 cm³/mol. The molecule has 0 unspecified atom stereocenters. The fourth-order valence-corrected chi connectivity index (χ4v) is 5.42. The lowest BCUT2D eigenvalue weighted by molar-refractivity contribution is -0.150. The molecule has 0 heterocycles. The number of carbonyl (C=O) groups is 5. The molecule has 4 N–H and O–H groups in total. The summed E-state index contributed by atoms with van der Waals surface area (Å²) in [5.74, 6) is -2.93. The van der Waals surface area contributed by atoms with Gasteiger partial charge in [0.2, 0.25) is 17.7 Å². The molecular weight excluding hydrogens is 708 g/mol. The number of esters is 1. The molecule has 0 saturated carbocycles. The molecule has 14 nitrogen and oxygen atoms in total. The van der Waals surface area contributed by atoms with Crippen molar-refractivity contribution in [3.05, 3.63) is 71.8 Å². The molecule has 306 valence electrons. The van der Waals surface area contributed by atoms with E-state index in [-0.39, 0.29) is 19.6 Å². The fourth-order valence-electron chi connectivity index (χ4n) is 5.42. The highest BCUT2D eigenvalue weighted by Crippen LogP contribution is 2.17. The predicted octanol–water partition coefficient (Wildman–Crippen LogP) is 4.37. The van der Waals surface area contributed by atoms with Crippen LogP contribution in [-0.2, 0) is 55.9 Å². The molecule has 2 rings (SSSR count). The smallest absolute Gasteiger partial charge is 0.408 e. The Hall–Kier alpha value is -4.53. The molecular formula is C41H62N4O10. The molecule has 14 heteroatoms. The van der Waals surface area contributed by atoms with E-state index in [1.54, 1.807) is 91.8 Å². The van der Waals surface area contributed by atoms with Crippen LogP contribution >= 0.6 is 0 Å². The fraction of sp³-hybridized carbons (Fsp3) is 0.585. The van der Waals surface area contributed by atoms with Crippen molar-refractivity contribution in [3.63, 3.8) is 0 Å². The van der Waals surface area contributed by atoms with Crippen LogP contribution in [0.15, 0.2) is 60.7 Å². The van der Waals surface area contributed by atoms with Gasteiger partial charge in [0, 0.05) is 6.42 Å². The number of alkyl carbamates (subject to hydrolysis) is 1. The van der Waals surface area contributed by atoms with E-state index >= 15 is 0 Å². The van der Waals surface area contributed by atoms with Gasteiger partial charge in [0.25, 0.3) is 0 Å². The van der Waals surface area contributed by atoms with Gasteiger partial charge in [-0.1, -0.05) is 60.7 Å². The third kappa shape index (κ3) is 18.1. The highest BCUT2D eigenvalue weighted by Gasteiger charge is 2.38. The Morgan fingerprint density at radius 2 is 1.04 bits per heavy atom. The minimum Gasteiger partial charge on any atom is -0.467 e. The third-order valence-electron chi connectivity index (χ3n) is 7.77. The molecule has 0 aliphatic carbocycles. The molecule has 0 spiro atoms. The van der Waals surface area contributed by atoms with Gasteiger partial charge in [-0.15, -0.1) is 0 Å². The summed E-state index contributed by atoms with van der Waals surface area (Å²) in [7, 11) is 1.19. The van der Waals surface area contributed by atoms with Crippen LogP contribution in [0.4, 0.5) is 4.79 Å². The summed E-state index contributed by atoms with van der Waals surface area (Å²) < 4.78 is 28.3. The Bertz CT molecular complexity index is 1530. The molecule has 55 heavy (non-hydrogen) atoms. The molecule has 0 aromatic heterocycles. The van der Waals surface area contributed by atoms with Crippen molar-refractivity contribution < 1.29 is 47.7 Å². The van der Waals surface area contributed by atoms with Gasteiger partial charge in [-0.2, -0.15) is 0 Å². The molecule has 2 aromatic carbocycles. The Morgan fingerprint density at radius 3 is 1.49 bits per heavy atom. The van der Waals surface area contributed by atoms with E-state index in [9.17, 15) is 24.0 Å². The van der Waals surface area contributed by atoms with Crippen molar-refractivity contribution in [1.29, 1.82) is 0 Å². The average molecular weight is 771 g/mol. The number of amides is 4. The standard InChI is InChI=1S/C41H62N4O10/c1-26(54-40(6,7)8)32(35(47)43-31(37(49)51-12)25-53-39(3,4)5)44-34(46)30(23-28-19-15-13-16-20-28)42-36(48)33(27(2)55-41(9,10)11)45-38(50)52-24-29-21-17-14-18-22-29/h13-22,26-27,30-33H,23-25H2,1-12H3,(H,42,48)(H,43,47)(H,44,46)(H,45,50)/t26-,27-,30+,31+,32+,33+/m1/s1. The molecule has 0 aliphatic heterocycles. The molecule has 0 bridgehead atoms. The van der Waals surface area contributed by atoms with Crippen LogP contribution in [-0.4, -0.2) is 96.7 Å². The number of benzene rings is 2. The third-order valence-corrected chi connectivity index (χ3v) is 7.77. The highest BCUT2D eigenvalue weighted by atomic mass is 16.6. The summed E-state index contributed by atoms with van der Waals surface area (Å²) in [4.78, 5) is 68.1. The van der Waals surface area contributed by atoms with Crippen LogP contribution < -0.4 is 21.3 Å². The molecule has 2 aromatic rings. The minimum absolute atomic E-state index is 0.0190. The number of methoxy groups -OCH3 is 1. The topological polar surface area (TPSA) is 180 Å². The van der Waals surface area contributed by atoms with Gasteiger partial charge in [0.1, 0.15) is 24.7 Å². The normalized spacial score (nSPS) is 15.3. The van der Waals surface area contributed by atoms with E-state index in [4.69, 9.17) is 23.7 Å². The van der Waals surface area contributed by atoms with Crippen LogP contribution in [0.2, 0.25) is 0 Å². The summed E-state index contributed by atoms with van der Waals surface area (Å²) in [6, 6.07) is 13.0. The second-order valence-electron chi connectivity index (χ2n) is 16.3. The van der Waals surface area contributed by atoms with Crippen LogP contribution in [0.25, 0.3) is 0 Å². The number of hydrogen-bond acceptors (Lipinski definition) is 10. The first kappa shape index (κ1) is 46.6. The van der Waals surface area contributed by atoms with Crippen LogP contribution in [0.3, 0.4) is 0 Å². The molecule has 4 amide bonds. The number of carbonyl (C=O) groups excluding carboxylic acids is 5. The van der Waals surface area contributed by atoms with E-state index in [2.05, 4.69) is 21.3 Å². The first-order chi connectivity index (χ1) is 25.5. The van der Waals surface area contributed by atoms with Crippen LogP contribution in [0, 0.1) is 0 Å². The number of rotatable bonds is 18. The second kappa shape index (κ2) is 21.0. The van der Waals surface area contributed by atoms with E-state index in [0.29, 0.717) is 5.56 Å². The molecule has 0 saturated heterocycles. The summed E-state index contributed by atoms with van der Waals surface area (Å²) in [6.45, 7) is 19.2. The van der Waals surface area contributed by atoms with Gasteiger partial charge >= 0.3 is 12.1 Å². The first-order valence-electron chi connectivity index (χ1n) is 18.5. The number of nitrogens with one attached hydrogen (secondary N) is 4. The van der Waals surface area contributed by atoms with Gasteiger partial charge < -0.3 is 45.0 Å². The molecule has 6 atom stereocenters. The summed E-state index contributed by atoms with van der Waals surface area (Å²) in [5.41, 5.74) is -0.595. The van der Waals surface area contributed by atoms with Gasteiger partial charge in [-0.3, -0.25) is 14.4 Å². The average Bonchev–Trinajstić information content (AvgIpc) is 3.08. The lowest BCUT2D eigenvalue weighted by Gasteiger charge is -2.33. The van der Waals surface area contributed by atoms with Gasteiger partial charge in [-0.05, 0) is 87.3 Å². The van der Waals surface area contributed by atoms with Crippen molar-refractivity contribution in [1.82, 2.24) is 21.3 Å². The Kier molecular flexibility index (Phi) is 17.8. The molecule has 0 radical (unpaired) electrons. The van der Waals surface area contributed by atoms with E-state index in [1.807, 2.05) is 45.0 Å². The van der Waals surface area contributed by atoms with Crippen LogP contribution in [0.5, 0.6) is 0 Å². The van der Waals surface area contributed by atoms with Crippen molar-refractivity contribution in [2.24, 2.45) is 0 Å². The lowest BCUT2D eigenvalue weighted by Crippen LogP contribution is -2.62. The van der Waals surface area contributed by atoms with Gasteiger partial charge in [-0.25, -0.2) is 9.59 Å². The van der Waals surface area contributed by atoms with E-state index < -0.39 is 83.0 Å². The van der Waals surface area contributed by atoms with Crippen LogP contribution in [0.1, 0.15) is 87.3 Å². The zero-order valence-electron chi connectivity index (χ0n) is 34.4. The zero-order chi connectivity index (χ0) is 41.6. The van der Waals surface area contributed by atoms with Crippen molar-refractivity contribution in [3.8, 4) is 0 Å². The summed E-state index contributed by atoms with van der Waals surface area (Å²) in [5, 5.41) is 10.8. The lowest BCUT2D eigenvalue weighted by atomic mass is 10.0. The van der Waals surface area contributed by atoms with E-state index in [0.717, 1.165) is 5.56 Å². The molecule has 0 fully saturated rings. The highest BCUT2D eigenvalue weighted by molar-refractivity contribution is 5.95. The second-order valence-corrected chi connectivity index (χ2v) is 16.3. The Labute approximate surface area is 326 Å². The minimum atomic E-state index is -1.34. The van der Waals surface area contributed by atoms with E-state index in [1.165, 1.54) is 7.11 Å². The molecule has 0 aliphatic rings. The quantitative estimate of drug-likeness (QED) is 0.159. The SMILES string of the molecule is COC(=O)[C@H](COC(C)(C)C)NC(=O)[C@@H](NC(=O)[C@H](Cc1ccccc1)NC(=O)[C@@H](NC(=O)OCc1ccccc1)[C@@H](C)OC(C)(C)C)[C@@H](C)OC(C)(C)C. The zero-order valence-corrected chi connectivity index (χ0v) is 34.4. The van der Waals surface area contributed by atoms with Gasteiger partial charge in [0.05, 0.1) is 42.7 Å². The largest absolute Gasteiger partial charge is 0.467 e. The Morgan fingerprint density at radius 1 is 0.582 bits per heavy atom. The maximum absolute atomic E-state index is 14.3. The van der Waals surface area contributed by atoms with Crippen molar-refractivity contribution in [2.75, 3.05) is 13.7 Å². The van der Waals surface area contributed by atoms with Gasteiger partial charge in [0.15, 0.2) is 6.04 Å². The number of hydrogen-bond donors (Lipinski definition) is 4. The first-order valence-corrected chi connectivity index (χ1v) is 18.5. The number of ether oxygens (including phenoxy) is 5. The Balaban J connectivity index is 2.46. The van der Waals surface area contributed by atoms with Crippen molar-refractivity contribution in [2.45, 2.75) is 142 Å². The summed E-state index contributed by atoms with van der Waals surface area (Å²) >= 11 is 0.